The molecule has 11 nitrogen and oxygen atoms in total. The molecule has 1 rings (SSSR count). The van der Waals surface area contributed by atoms with E-state index >= 15 is 0 Å². The summed E-state index contributed by atoms with van der Waals surface area (Å²) < 4.78 is 16.7. The van der Waals surface area contributed by atoms with E-state index in [1.165, 1.54) is 250 Å². The molecule has 11 heteroatoms. The number of aliphatic hydroxyl groups is 5. The highest BCUT2D eigenvalue weighted by Crippen LogP contribution is 2.23. The lowest BCUT2D eigenvalue weighted by Crippen LogP contribution is -2.60. The fraction of sp³-hybridized carbons (Fsp3) is 0.887. The molecule has 6 N–H and O–H groups in total. The standard InChI is InChI=1S/C71H133NO10/c1-3-5-7-9-11-13-14-15-16-33-36-39-43-47-51-55-59-67(76)80-60-56-52-48-44-40-37-34-31-29-27-25-23-21-19-17-18-20-22-24-26-28-30-32-35-38-42-46-50-54-58-66(75)72-63(64(74)57-53-49-45-41-12-10-8-6-4-2)62-81-71-70(79)69(78)68(77)65(61-73)82-71/h17,19,23,25,53,57,63-65,68-71,73-74,77-79H,3-16,18,20-22,24,26-52,54-56,58-62H2,1-2H3,(H,72,75)/b19-17-,25-23-,57-53+. The fourth-order valence-corrected chi connectivity index (χ4v) is 11.2. The van der Waals surface area contributed by atoms with Crippen LogP contribution in [0.3, 0.4) is 0 Å². The SMILES string of the molecule is CCCCCCCCC/C=C/C(O)C(COC1OC(CO)C(O)C(O)C1O)NC(=O)CCCCCCCCCCCCCCC/C=C\C/C=C\CCCCCCCCCCCOC(=O)CCCCCCCCCCCCCCCCCC. The smallest absolute Gasteiger partial charge is 0.305 e. The molecule has 0 aliphatic carbocycles. The van der Waals surface area contributed by atoms with E-state index in [0.29, 0.717) is 19.4 Å². The quantitative estimate of drug-likeness (QED) is 0.0195. The Morgan fingerprint density at radius 3 is 1.23 bits per heavy atom. The first-order chi connectivity index (χ1) is 40.2. The summed E-state index contributed by atoms with van der Waals surface area (Å²) in [5.41, 5.74) is 0. The maximum Gasteiger partial charge on any atom is 0.305 e. The van der Waals surface area contributed by atoms with Crippen molar-refractivity contribution in [2.75, 3.05) is 19.8 Å². The summed E-state index contributed by atoms with van der Waals surface area (Å²) in [5, 5.41) is 54.3. The van der Waals surface area contributed by atoms with E-state index in [9.17, 15) is 35.1 Å². The van der Waals surface area contributed by atoms with Crippen LogP contribution in [0, 0.1) is 0 Å². The minimum absolute atomic E-state index is 0.00703. The van der Waals surface area contributed by atoms with Gasteiger partial charge in [-0.2, -0.15) is 0 Å². The molecule has 1 aliphatic heterocycles. The number of amides is 1. The molecule has 7 atom stereocenters. The van der Waals surface area contributed by atoms with Gasteiger partial charge < -0.3 is 45.1 Å². The third-order valence-corrected chi connectivity index (χ3v) is 16.7. The van der Waals surface area contributed by atoms with Gasteiger partial charge in [0.15, 0.2) is 6.29 Å². The Bertz CT molecular complexity index is 1460. The van der Waals surface area contributed by atoms with Crippen LogP contribution in [0.1, 0.15) is 341 Å². The second-order valence-electron chi connectivity index (χ2n) is 24.6. The highest BCUT2D eigenvalue weighted by atomic mass is 16.7. The lowest BCUT2D eigenvalue weighted by atomic mass is 9.99. The summed E-state index contributed by atoms with van der Waals surface area (Å²) in [6.07, 6.45) is 67.2. The summed E-state index contributed by atoms with van der Waals surface area (Å²) >= 11 is 0. The molecule has 0 aromatic rings. The van der Waals surface area contributed by atoms with Gasteiger partial charge in [0.25, 0.3) is 0 Å². The molecule has 1 amide bonds. The van der Waals surface area contributed by atoms with Crippen molar-refractivity contribution in [3.63, 3.8) is 0 Å². The van der Waals surface area contributed by atoms with Gasteiger partial charge in [0, 0.05) is 12.8 Å². The number of allylic oxidation sites excluding steroid dienone is 5. The van der Waals surface area contributed by atoms with Crippen molar-refractivity contribution >= 4 is 11.9 Å². The lowest BCUT2D eigenvalue weighted by molar-refractivity contribution is -0.302. The first-order valence-electron chi connectivity index (χ1n) is 35.3. The minimum atomic E-state index is -1.57. The zero-order valence-corrected chi connectivity index (χ0v) is 53.5. The van der Waals surface area contributed by atoms with Crippen LogP contribution in [0.2, 0.25) is 0 Å². The van der Waals surface area contributed by atoms with Gasteiger partial charge in [-0.15, -0.1) is 0 Å². The number of nitrogens with one attached hydrogen (secondary N) is 1. The predicted molar refractivity (Wildman–Crippen MR) is 343 cm³/mol. The van der Waals surface area contributed by atoms with Crippen LogP contribution in [0.5, 0.6) is 0 Å². The summed E-state index contributed by atoms with van der Waals surface area (Å²) in [6, 6.07) is -0.809. The van der Waals surface area contributed by atoms with Gasteiger partial charge in [0.05, 0.1) is 32.0 Å². The fourth-order valence-electron chi connectivity index (χ4n) is 11.2. The van der Waals surface area contributed by atoms with Crippen molar-refractivity contribution in [1.82, 2.24) is 5.32 Å². The number of hydrogen-bond acceptors (Lipinski definition) is 10. The van der Waals surface area contributed by atoms with Crippen LogP contribution in [-0.2, 0) is 23.8 Å². The molecule has 0 spiro atoms. The average molecular weight is 1160 g/mol. The summed E-state index contributed by atoms with van der Waals surface area (Å²) in [5.74, 6) is -0.177. The van der Waals surface area contributed by atoms with Crippen LogP contribution in [0.25, 0.3) is 0 Å². The van der Waals surface area contributed by atoms with Gasteiger partial charge >= 0.3 is 5.97 Å². The molecule has 0 saturated carbocycles. The largest absolute Gasteiger partial charge is 0.466 e. The molecular weight excluding hydrogens is 1030 g/mol. The molecular formula is C71H133NO10. The van der Waals surface area contributed by atoms with Crippen molar-refractivity contribution in [3.8, 4) is 0 Å². The third kappa shape index (κ3) is 49.0. The van der Waals surface area contributed by atoms with Gasteiger partial charge in [-0.25, -0.2) is 0 Å². The van der Waals surface area contributed by atoms with Crippen LogP contribution < -0.4 is 5.32 Å². The van der Waals surface area contributed by atoms with Gasteiger partial charge in [0.1, 0.15) is 24.4 Å². The maximum atomic E-state index is 13.0. The molecule has 82 heavy (non-hydrogen) atoms. The second-order valence-corrected chi connectivity index (χ2v) is 24.6. The molecule has 0 aromatic carbocycles. The van der Waals surface area contributed by atoms with E-state index in [0.717, 1.165) is 64.2 Å². The lowest BCUT2D eigenvalue weighted by Gasteiger charge is -2.40. The maximum absolute atomic E-state index is 13.0. The molecule has 0 radical (unpaired) electrons. The Hall–Kier alpha value is -2.12. The average Bonchev–Trinajstić information content (AvgIpc) is 3.48. The number of carbonyl (C=O) groups excluding carboxylic acids is 2. The van der Waals surface area contributed by atoms with E-state index in [-0.39, 0.29) is 18.5 Å². The van der Waals surface area contributed by atoms with Crippen molar-refractivity contribution in [2.24, 2.45) is 0 Å². The number of rotatable bonds is 62. The number of aliphatic hydroxyl groups excluding tert-OH is 5. The van der Waals surface area contributed by atoms with Gasteiger partial charge in [-0.05, 0) is 64.2 Å². The number of ether oxygens (including phenoxy) is 3. The van der Waals surface area contributed by atoms with Crippen LogP contribution in [-0.4, -0.2) is 100 Å². The number of unbranched alkanes of at least 4 members (excludes halogenated alkanes) is 44. The Labute approximate surface area is 504 Å². The molecule has 7 unspecified atom stereocenters. The second kappa shape index (κ2) is 60.6. The van der Waals surface area contributed by atoms with Crippen LogP contribution in [0.4, 0.5) is 0 Å². The summed E-state index contributed by atoms with van der Waals surface area (Å²) in [4.78, 5) is 25.1. The first-order valence-corrected chi connectivity index (χ1v) is 35.3. The summed E-state index contributed by atoms with van der Waals surface area (Å²) in [7, 11) is 0. The topological polar surface area (TPSA) is 175 Å². The number of hydrogen-bond donors (Lipinski definition) is 6. The van der Waals surface area contributed by atoms with Crippen molar-refractivity contribution in [1.29, 1.82) is 0 Å². The van der Waals surface area contributed by atoms with E-state index in [1.807, 2.05) is 6.08 Å². The molecule has 482 valence electrons. The van der Waals surface area contributed by atoms with E-state index in [4.69, 9.17) is 14.2 Å². The van der Waals surface area contributed by atoms with E-state index in [1.54, 1.807) is 6.08 Å². The first kappa shape index (κ1) is 77.9. The minimum Gasteiger partial charge on any atom is -0.466 e. The normalized spacial score (nSPS) is 18.4. The van der Waals surface area contributed by atoms with Crippen LogP contribution >= 0.6 is 0 Å². The Morgan fingerprint density at radius 2 is 0.817 bits per heavy atom. The van der Waals surface area contributed by atoms with E-state index < -0.39 is 49.5 Å². The molecule has 0 aromatic heterocycles. The Kier molecular flexibility index (Phi) is 57.5. The molecule has 1 aliphatic rings. The van der Waals surface area contributed by atoms with Gasteiger partial charge in [-0.1, -0.05) is 301 Å². The van der Waals surface area contributed by atoms with Gasteiger partial charge in [0.2, 0.25) is 5.91 Å². The van der Waals surface area contributed by atoms with Crippen molar-refractivity contribution in [3.05, 3.63) is 36.5 Å². The predicted octanol–water partition coefficient (Wildman–Crippen LogP) is 17.8. The molecule has 0 bridgehead atoms. The monoisotopic (exact) mass is 1160 g/mol. The summed E-state index contributed by atoms with van der Waals surface area (Å²) in [6.45, 7) is 4.34. The Morgan fingerprint density at radius 1 is 0.451 bits per heavy atom. The zero-order chi connectivity index (χ0) is 59.5. The zero-order valence-electron chi connectivity index (χ0n) is 53.5. The number of carbonyl (C=O) groups is 2. The van der Waals surface area contributed by atoms with Crippen LogP contribution in [0.15, 0.2) is 36.5 Å². The van der Waals surface area contributed by atoms with E-state index in [2.05, 4.69) is 43.5 Å². The highest BCUT2D eigenvalue weighted by molar-refractivity contribution is 5.76. The van der Waals surface area contributed by atoms with Gasteiger partial charge in [-0.3, -0.25) is 9.59 Å². The molecule has 1 saturated heterocycles. The number of esters is 1. The van der Waals surface area contributed by atoms with Crippen molar-refractivity contribution < 1.29 is 49.3 Å². The third-order valence-electron chi connectivity index (χ3n) is 16.7. The molecule has 1 fully saturated rings. The molecule has 1 heterocycles. The highest BCUT2D eigenvalue weighted by Gasteiger charge is 2.44. The Balaban J connectivity index is 1.93. The van der Waals surface area contributed by atoms with Crippen molar-refractivity contribution in [2.45, 2.75) is 384 Å².